The summed E-state index contributed by atoms with van der Waals surface area (Å²) in [6.07, 6.45) is 0. The molecule has 1 aliphatic rings. The first-order chi connectivity index (χ1) is 25.6. The fourth-order valence-electron chi connectivity index (χ4n) is 9.17. The van der Waals surface area contributed by atoms with Crippen LogP contribution in [0.4, 0.5) is 0 Å². The van der Waals surface area contributed by atoms with E-state index in [9.17, 15) is 0 Å². The number of rotatable bonds is 3. The number of para-hydroxylation sites is 1. The van der Waals surface area contributed by atoms with E-state index in [1.54, 1.807) is 0 Å². The average Bonchev–Trinajstić information content (AvgIpc) is 3.69. The van der Waals surface area contributed by atoms with Crippen molar-refractivity contribution in [2.75, 3.05) is 0 Å². The van der Waals surface area contributed by atoms with Crippen molar-refractivity contribution in [3.63, 3.8) is 0 Å². The van der Waals surface area contributed by atoms with Gasteiger partial charge in [-0.15, -0.1) is 0 Å². The molecule has 0 saturated carbocycles. The summed E-state index contributed by atoms with van der Waals surface area (Å²) < 4.78 is 6.76. The van der Waals surface area contributed by atoms with Crippen LogP contribution in [-0.4, -0.2) is 0 Å². The van der Waals surface area contributed by atoms with Gasteiger partial charge in [0.05, 0.1) is 0 Å². The third-order valence-corrected chi connectivity index (χ3v) is 11.7. The number of hydrogen-bond donors (Lipinski definition) is 0. The van der Waals surface area contributed by atoms with Crippen molar-refractivity contribution in [3.05, 3.63) is 181 Å². The number of fused-ring (bicyclic) bond motifs is 10. The molecule has 0 bridgehead atoms. The predicted octanol–water partition coefficient (Wildman–Crippen LogP) is 14.4. The van der Waals surface area contributed by atoms with Gasteiger partial charge < -0.3 is 4.42 Å². The highest BCUT2D eigenvalue weighted by molar-refractivity contribution is 6.21. The molecule has 0 atom stereocenters. The Hall–Kier alpha value is -6.44. The van der Waals surface area contributed by atoms with Gasteiger partial charge in [-0.3, -0.25) is 0 Å². The molecule has 244 valence electrons. The predicted molar refractivity (Wildman–Crippen MR) is 220 cm³/mol. The molecule has 0 unspecified atom stereocenters. The van der Waals surface area contributed by atoms with Gasteiger partial charge in [0.1, 0.15) is 11.2 Å². The van der Waals surface area contributed by atoms with E-state index in [2.05, 4.69) is 184 Å². The van der Waals surface area contributed by atoms with Crippen LogP contribution >= 0.6 is 0 Å². The minimum absolute atomic E-state index is 0.190. The molecule has 0 aliphatic heterocycles. The second kappa shape index (κ2) is 10.8. The summed E-state index contributed by atoms with van der Waals surface area (Å²) >= 11 is 0. The molecule has 0 N–H and O–H groups in total. The standard InChI is InChI=1S/C51H34O/c1-51(2)45-29-33(36-21-12-22-43-44-28-23-31-13-6-7-16-35(31)49(44)52-50(36)43)24-26-37(45)38-27-25-34(30-46(38)51)48-41-19-10-8-17-39(41)47(32-14-4-3-5-15-32)40-18-9-11-20-42(40)48/h3-30H,1-2H3. The summed E-state index contributed by atoms with van der Waals surface area (Å²) in [6, 6.07) is 62.3. The summed E-state index contributed by atoms with van der Waals surface area (Å²) in [5.74, 6) is 0. The Labute approximate surface area is 302 Å². The summed E-state index contributed by atoms with van der Waals surface area (Å²) in [5.41, 5.74) is 14.5. The lowest BCUT2D eigenvalue weighted by Gasteiger charge is -2.23. The Bertz CT molecular complexity index is 3030. The van der Waals surface area contributed by atoms with Crippen molar-refractivity contribution >= 4 is 54.3 Å². The van der Waals surface area contributed by atoms with Crippen LogP contribution < -0.4 is 0 Å². The van der Waals surface area contributed by atoms with Crippen LogP contribution in [-0.2, 0) is 5.41 Å². The first-order valence-electron chi connectivity index (χ1n) is 18.2. The smallest absolute Gasteiger partial charge is 0.143 e. The Kier molecular flexibility index (Phi) is 6.08. The second-order valence-electron chi connectivity index (χ2n) is 14.8. The molecule has 1 heteroatoms. The minimum Gasteiger partial charge on any atom is -0.455 e. The molecule has 0 saturated heterocycles. The Balaban J connectivity index is 1.08. The molecule has 1 nitrogen and oxygen atoms in total. The topological polar surface area (TPSA) is 13.1 Å². The van der Waals surface area contributed by atoms with Gasteiger partial charge >= 0.3 is 0 Å². The average molecular weight is 663 g/mol. The van der Waals surface area contributed by atoms with Crippen molar-refractivity contribution < 1.29 is 4.42 Å². The summed E-state index contributed by atoms with van der Waals surface area (Å²) in [7, 11) is 0. The van der Waals surface area contributed by atoms with Crippen molar-refractivity contribution in [3.8, 4) is 44.5 Å². The number of benzene rings is 9. The molecule has 0 fully saturated rings. The van der Waals surface area contributed by atoms with Crippen molar-refractivity contribution in [1.29, 1.82) is 0 Å². The van der Waals surface area contributed by atoms with Crippen molar-refractivity contribution in [2.45, 2.75) is 19.3 Å². The van der Waals surface area contributed by atoms with E-state index >= 15 is 0 Å². The Morgan fingerprint density at radius 3 is 1.54 bits per heavy atom. The maximum absolute atomic E-state index is 6.76. The lowest BCUT2D eigenvalue weighted by Crippen LogP contribution is -2.15. The Morgan fingerprint density at radius 2 is 0.865 bits per heavy atom. The van der Waals surface area contributed by atoms with Gasteiger partial charge in [-0.2, -0.15) is 0 Å². The first kappa shape index (κ1) is 29.3. The maximum Gasteiger partial charge on any atom is 0.143 e. The zero-order chi connectivity index (χ0) is 34.6. The van der Waals surface area contributed by atoms with Crippen LogP contribution in [0, 0.1) is 0 Å². The first-order valence-corrected chi connectivity index (χ1v) is 18.2. The van der Waals surface area contributed by atoms with Crippen LogP contribution in [0.5, 0.6) is 0 Å². The van der Waals surface area contributed by atoms with E-state index in [0.717, 1.165) is 32.9 Å². The zero-order valence-electron chi connectivity index (χ0n) is 29.1. The van der Waals surface area contributed by atoms with Crippen LogP contribution in [0.3, 0.4) is 0 Å². The van der Waals surface area contributed by atoms with E-state index in [4.69, 9.17) is 4.42 Å². The van der Waals surface area contributed by atoms with Crippen LogP contribution in [0.1, 0.15) is 25.0 Å². The van der Waals surface area contributed by atoms with Gasteiger partial charge in [0.25, 0.3) is 0 Å². The summed E-state index contributed by atoms with van der Waals surface area (Å²) in [5, 5.41) is 9.78. The molecule has 10 aromatic rings. The van der Waals surface area contributed by atoms with Gasteiger partial charge in [-0.05, 0) is 95.2 Å². The van der Waals surface area contributed by atoms with Crippen LogP contribution in [0.25, 0.3) is 98.8 Å². The SMILES string of the molecule is CC1(C)c2cc(-c3c4ccccc4c(-c4ccccc4)c4ccccc34)ccc2-c2ccc(-c3cccc4c3oc3c5ccccc5ccc43)cc21. The van der Waals surface area contributed by atoms with Crippen LogP contribution in [0.2, 0.25) is 0 Å². The molecule has 1 aromatic heterocycles. The molecule has 1 heterocycles. The monoisotopic (exact) mass is 662 g/mol. The number of hydrogen-bond acceptors (Lipinski definition) is 1. The molecular formula is C51H34O. The molecule has 11 rings (SSSR count). The van der Waals surface area contributed by atoms with Gasteiger partial charge in [-0.1, -0.05) is 166 Å². The van der Waals surface area contributed by atoms with Crippen molar-refractivity contribution in [1.82, 2.24) is 0 Å². The highest BCUT2D eigenvalue weighted by Crippen LogP contribution is 2.52. The molecule has 0 amide bonds. The summed E-state index contributed by atoms with van der Waals surface area (Å²) in [6.45, 7) is 4.77. The quantitative estimate of drug-likeness (QED) is 0.172. The van der Waals surface area contributed by atoms with E-state index in [-0.39, 0.29) is 5.41 Å². The summed E-state index contributed by atoms with van der Waals surface area (Å²) in [4.78, 5) is 0. The van der Waals surface area contributed by atoms with E-state index in [0.29, 0.717) is 0 Å². The zero-order valence-corrected chi connectivity index (χ0v) is 29.1. The van der Waals surface area contributed by atoms with Gasteiger partial charge in [0, 0.05) is 27.1 Å². The van der Waals surface area contributed by atoms with Gasteiger partial charge in [0.2, 0.25) is 0 Å². The van der Waals surface area contributed by atoms with E-state index in [1.165, 1.54) is 77.0 Å². The normalized spacial score (nSPS) is 13.3. The van der Waals surface area contributed by atoms with Gasteiger partial charge in [-0.25, -0.2) is 0 Å². The molecule has 0 spiro atoms. The lowest BCUT2D eigenvalue weighted by molar-refractivity contribution is 0.660. The lowest BCUT2D eigenvalue weighted by atomic mass is 9.80. The molecule has 52 heavy (non-hydrogen) atoms. The highest BCUT2D eigenvalue weighted by Gasteiger charge is 2.36. The second-order valence-corrected chi connectivity index (χ2v) is 14.8. The Morgan fingerprint density at radius 1 is 0.346 bits per heavy atom. The number of furan rings is 1. The fourth-order valence-corrected chi connectivity index (χ4v) is 9.17. The highest BCUT2D eigenvalue weighted by atomic mass is 16.3. The third-order valence-electron chi connectivity index (χ3n) is 11.7. The molecule has 1 aliphatic carbocycles. The van der Waals surface area contributed by atoms with Gasteiger partial charge in [0.15, 0.2) is 0 Å². The van der Waals surface area contributed by atoms with Crippen molar-refractivity contribution in [2.24, 2.45) is 0 Å². The fraction of sp³-hybridized carbons (Fsp3) is 0.0588. The van der Waals surface area contributed by atoms with E-state index in [1.807, 2.05) is 0 Å². The molecule has 0 radical (unpaired) electrons. The minimum atomic E-state index is -0.190. The molecular weight excluding hydrogens is 629 g/mol. The molecule has 9 aromatic carbocycles. The maximum atomic E-state index is 6.76. The largest absolute Gasteiger partial charge is 0.455 e. The third kappa shape index (κ3) is 4.05. The van der Waals surface area contributed by atoms with Crippen LogP contribution in [0.15, 0.2) is 174 Å². The van der Waals surface area contributed by atoms with E-state index < -0.39 is 0 Å².